The normalized spacial score (nSPS) is 11.1. The number of hydrogen-bond acceptors (Lipinski definition) is 2. The maximum atomic E-state index is 5.81. The minimum absolute atomic E-state index is 0.765. The Bertz CT molecular complexity index is 338. The van der Waals surface area contributed by atoms with Crippen molar-refractivity contribution in [3.63, 3.8) is 0 Å². The van der Waals surface area contributed by atoms with E-state index in [1.807, 2.05) is 52.0 Å². The number of rotatable bonds is 2. The molecule has 15 heavy (non-hydrogen) atoms. The molecule has 0 aliphatic heterocycles. The molecule has 0 radical (unpaired) electrons. The van der Waals surface area contributed by atoms with Gasteiger partial charge in [-0.05, 0) is 25.5 Å². The third-order valence-corrected chi connectivity index (χ3v) is 1.82. The van der Waals surface area contributed by atoms with Crippen LogP contribution in [0.4, 0.5) is 0 Å². The minimum atomic E-state index is 0.765. The number of nitrogens with two attached hydrogens (primary N) is 1. The summed E-state index contributed by atoms with van der Waals surface area (Å²) in [6, 6.07) is 1.95. The Labute approximate surface area is 92.5 Å². The van der Waals surface area contributed by atoms with Gasteiger partial charge in [0, 0.05) is 23.7 Å². The van der Waals surface area contributed by atoms with Crippen LogP contribution in [0.3, 0.4) is 0 Å². The number of allylic oxidation sites excluding steroid dienone is 2. The van der Waals surface area contributed by atoms with Crippen molar-refractivity contribution < 1.29 is 0 Å². The summed E-state index contributed by atoms with van der Waals surface area (Å²) in [7, 11) is 0. The Kier molecular flexibility index (Phi) is 6.98. The first-order valence-corrected chi connectivity index (χ1v) is 5.28. The molecule has 82 valence electrons. The van der Waals surface area contributed by atoms with Crippen LogP contribution >= 0.6 is 0 Å². The molecule has 2 nitrogen and oxygen atoms in total. The molecule has 0 amide bonds. The molecule has 0 saturated carbocycles. The van der Waals surface area contributed by atoms with Gasteiger partial charge in [0.2, 0.25) is 0 Å². The molecule has 0 aliphatic rings. The van der Waals surface area contributed by atoms with E-state index in [1.54, 1.807) is 12.4 Å². The molecule has 0 aliphatic carbocycles. The number of hydrogen-bond donors (Lipinski definition) is 1. The van der Waals surface area contributed by atoms with Crippen LogP contribution in [-0.2, 0) is 0 Å². The summed E-state index contributed by atoms with van der Waals surface area (Å²) in [5, 5.41) is 0. The second kappa shape index (κ2) is 7.80. The Hall–Kier alpha value is -1.57. The first-order valence-electron chi connectivity index (χ1n) is 5.28. The maximum Gasteiger partial charge on any atom is 0.0366 e. The SMILES string of the molecule is C/C=C\c1ccncc1/C(N)=C\C.CC. The first kappa shape index (κ1) is 13.4. The smallest absolute Gasteiger partial charge is 0.0366 e. The van der Waals surface area contributed by atoms with E-state index >= 15 is 0 Å². The van der Waals surface area contributed by atoms with Crippen molar-refractivity contribution in [3.05, 3.63) is 41.7 Å². The van der Waals surface area contributed by atoms with Gasteiger partial charge >= 0.3 is 0 Å². The van der Waals surface area contributed by atoms with E-state index in [2.05, 4.69) is 4.98 Å². The molecule has 2 N–H and O–H groups in total. The van der Waals surface area contributed by atoms with E-state index in [1.165, 1.54) is 0 Å². The molecule has 2 heteroatoms. The molecular weight excluding hydrogens is 184 g/mol. The molecule has 0 bridgehead atoms. The summed E-state index contributed by atoms with van der Waals surface area (Å²) in [6.45, 7) is 7.90. The molecule has 0 spiro atoms. The van der Waals surface area contributed by atoms with Gasteiger partial charge in [0.1, 0.15) is 0 Å². The lowest BCUT2D eigenvalue weighted by Gasteiger charge is -2.04. The van der Waals surface area contributed by atoms with Crippen LogP contribution in [0.25, 0.3) is 11.8 Å². The minimum Gasteiger partial charge on any atom is -0.398 e. The summed E-state index contributed by atoms with van der Waals surface area (Å²) in [5.41, 5.74) is 8.67. The van der Waals surface area contributed by atoms with Crippen LogP contribution < -0.4 is 5.73 Å². The monoisotopic (exact) mass is 204 g/mol. The highest BCUT2D eigenvalue weighted by Crippen LogP contribution is 2.14. The zero-order chi connectivity index (χ0) is 11.7. The molecule has 0 fully saturated rings. The Morgan fingerprint density at radius 1 is 1.33 bits per heavy atom. The average molecular weight is 204 g/mol. The maximum absolute atomic E-state index is 5.81. The van der Waals surface area contributed by atoms with E-state index in [4.69, 9.17) is 5.73 Å². The van der Waals surface area contributed by atoms with E-state index < -0.39 is 0 Å². The fraction of sp³-hybridized carbons (Fsp3) is 0.308. The first-order chi connectivity index (χ1) is 7.29. The predicted molar refractivity (Wildman–Crippen MR) is 68.1 cm³/mol. The van der Waals surface area contributed by atoms with Crippen LogP contribution in [-0.4, -0.2) is 4.98 Å². The lowest BCUT2D eigenvalue weighted by Crippen LogP contribution is -1.98. The Morgan fingerprint density at radius 3 is 2.53 bits per heavy atom. The van der Waals surface area contributed by atoms with Crippen molar-refractivity contribution in [3.8, 4) is 0 Å². The molecular formula is C13H20N2. The number of aromatic nitrogens is 1. The van der Waals surface area contributed by atoms with Crippen molar-refractivity contribution in [2.75, 3.05) is 0 Å². The highest BCUT2D eigenvalue weighted by molar-refractivity contribution is 5.71. The van der Waals surface area contributed by atoms with Crippen LogP contribution in [0.1, 0.15) is 38.8 Å². The van der Waals surface area contributed by atoms with Gasteiger partial charge in [0.25, 0.3) is 0 Å². The summed E-state index contributed by atoms with van der Waals surface area (Å²) in [5.74, 6) is 0. The fourth-order valence-corrected chi connectivity index (χ4v) is 1.13. The van der Waals surface area contributed by atoms with E-state index in [0.29, 0.717) is 0 Å². The van der Waals surface area contributed by atoms with E-state index in [-0.39, 0.29) is 0 Å². The third-order valence-electron chi connectivity index (χ3n) is 1.82. The summed E-state index contributed by atoms with van der Waals surface area (Å²) in [4.78, 5) is 4.04. The van der Waals surface area contributed by atoms with Crippen molar-refractivity contribution in [2.24, 2.45) is 5.73 Å². The van der Waals surface area contributed by atoms with Crippen molar-refractivity contribution in [2.45, 2.75) is 27.7 Å². The van der Waals surface area contributed by atoms with Gasteiger partial charge < -0.3 is 5.73 Å². The average Bonchev–Trinajstić information content (AvgIpc) is 2.32. The summed E-state index contributed by atoms with van der Waals surface area (Å²) >= 11 is 0. The molecule has 1 aromatic heterocycles. The van der Waals surface area contributed by atoms with Crippen molar-refractivity contribution in [1.29, 1.82) is 0 Å². The zero-order valence-electron chi connectivity index (χ0n) is 9.99. The van der Waals surface area contributed by atoms with Gasteiger partial charge in [-0.15, -0.1) is 0 Å². The molecule has 0 atom stereocenters. The van der Waals surface area contributed by atoms with E-state index in [9.17, 15) is 0 Å². The highest BCUT2D eigenvalue weighted by Gasteiger charge is 2.00. The molecule has 1 rings (SSSR count). The Balaban J connectivity index is 0.000000921. The molecule has 0 unspecified atom stereocenters. The van der Waals surface area contributed by atoms with Crippen LogP contribution in [0, 0.1) is 0 Å². The van der Waals surface area contributed by atoms with Gasteiger partial charge in [-0.25, -0.2) is 0 Å². The Morgan fingerprint density at radius 2 is 2.00 bits per heavy atom. The quantitative estimate of drug-likeness (QED) is 0.801. The van der Waals surface area contributed by atoms with Gasteiger partial charge in [0.05, 0.1) is 0 Å². The number of pyridine rings is 1. The molecule has 1 heterocycles. The van der Waals surface area contributed by atoms with Crippen molar-refractivity contribution >= 4 is 11.8 Å². The van der Waals surface area contributed by atoms with Crippen LogP contribution in [0.5, 0.6) is 0 Å². The zero-order valence-corrected chi connectivity index (χ0v) is 9.99. The van der Waals surface area contributed by atoms with Gasteiger partial charge in [-0.3, -0.25) is 4.98 Å². The topological polar surface area (TPSA) is 38.9 Å². The second-order valence-electron chi connectivity index (χ2n) is 2.71. The van der Waals surface area contributed by atoms with E-state index in [0.717, 1.165) is 16.8 Å². The molecule has 0 saturated heterocycles. The highest BCUT2D eigenvalue weighted by atomic mass is 14.6. The predicted octanol–water partition coefficient (Wildman–Crippen LogP) is 3.46. The molecule has 0 aromatic carbocycles. The second-order valence-corrected chi connectivity index (χ2v) is 2.71. The van der Waals surface area contributed by atoms with Crippen LogP contribution in [0.15, 0.2) is 30.6 Å². The molecule has 1 aromatic rings. The van der Waals surface area contributed by atoms with Gasteiger partial charge in [-0.1, -0.05) is 32.1 Å². The number of nitrogens with zero attached hydrogens (tertiary/aromatic N) is 1. The van der Waals surface area contributed by atoms with Gasteiger partial charge in [0.15, 0.2) is 0 Å². The lowest BCUT2D eigenvalue weighted by atomic mass is 10.1. The third kappa shape index (κ3) is 3.98. The standard InChI is InChI=1S/C11H14N2.C2H6/c1-3-5-9-6-7-13-8-10(9)11(12)4-2;1-2/h3-8H,12H2,1-2H3;1-2H3/b5-3-,11-4+;. The van der Waals surface area contributed by atoms with Gasteiger partial charge in [-0.2, -0.15) is 0 Å². The van der Waals surface area contributed by atoms with Crippen LogP contribution in [0.2, 0.25) is 0 Å². The summed E-state index contributed by atoms with van der Waals surface area (Å²) < 4.78 is 0. The lowest BCUT2D eigenvalue weighted by molar-refractivity contribution is 1.29. The van der Waals surface area contributed by atoms with Crippen molar-refractivity contribution in [1.82, 2.24) is 4.98 Å². The summed E-state index contributed by atoms with van der Waals surface area (Å²) in [6.07, 6.45) is 9.44. The largest absolute Gasteiger partial charge is 0.398 e. The fourth-order valence-electron chi connectivity index (χ4n) is 1.13.